The Labute approximate surface area is 132 Å². The summed E-state index contributed by atoms with van der Waals surface area (Å²) in [5.41, 5.74) is -0.490. The Hall–Kier alpha value is -2.51. The van der Waals surface area contributed by atoms with Crippen LogP contribution in [-0.2, 0) is 10.3 Å². The smallest absolute Gasteiger partial charge is 0.220 e. The highest BCUT2D eigenvalue weighted by Crippen LogP contribution is 2.39. The van der Waals surface area contributed by atoms with Crippen molar-refractivity contribution in [3.63, 3.8) is 0 Å². The molecule has 23 heavy (non-hydrogen) atoms. The zero-order valence-corrected chi connectivity index (χ0v) is 12.6. The van der Waals surface area contributed by atoms with Gasteiger partial charge in [0, 0.05) is 6.42 Å². The van der Waals surface area contributed by atoms with Crippen molar-refractivity contribution >= 4 is 5.91 Å². The molecule has 1 fully saturated rings. The van der Waals surface area contributed by atoms with Gasteiger partial charge < -0.3 is 10.1 Å². The number of carbonyl (C=O) groups is 1. The molecule has 0 spiro atoms. The van der Waals surface area contributed by atoms with Crippen molar-refractivity contribution in [2.24, 2.45) is 0 Å². The van der Waals surface area contributed by atoms with Crippen LogP contribution in [0.15, 0.2) is 24.3 Å². The van der Waals surface area contributed by atoms with E-state index in [-0.39, 0.29) is 18.3 Å². The van der Waals surface area contributed by atoms with Gasteiger partial charge in [-0.25, -0.2) is 4.39 Å². The van der Waals surface area contributed by atoms with Gasteiger partial charge in [-0.1, -0.05) is 17.3 Å². The predicted molar refractivity (Wildman–Crippen MR) is 79.0 cm³/mol. The molecule has 1 saturated carbocycles. The molecular formula is C15H18FN5O2. The van der Waals surface area contributed by atoms with Gasteiger partial charge in [0.25, 0.3) is 0 Å². The van der Waals surface area contributed by atoms with E-state index in [2.05, 4.69) is 25.9 Å². The van der Waals surface area contributed by atoms with Crippen molar-refractivity contribution in [3.05, 3.63) is 35.9 Å². The van der Waals surface area contributed by atoms with Gasteiger partial charge in [0.1, 0.15) is 5.54 Å². The largest absolute Gasteiger partial charge is 0.491 e. The van der Waals surface area contributed by atoms with Crippen LogP contribution in [0.2, 0.25) is 0 Å². The number of nitrogens with zero attached hydrogens (tertiary/aromatic N) is 3. The molecule has 2 aromatic rings. The molecule has 2 N–H and O–H groups in total. The van der Waals surface area contributed by atoms with Crippen molar-refractivity contribution in [1.82, 2.24) is 25.9 Å². The summed E-state index contributed by atoms with van der Waals surface area (Å²) in [5, 5.41) is 16.9. The molecule has 0 bridgehead atoms. The molecule has 0 saturated heterocycles. The maximum Gasteiger partial charge on any atom is 0.220 e. The first-order chi connectivity index (χ1) is 11.2. The number of amides is 1. The Kier molecular flexibility index (Phi) is 4.50. The molecule has 0 aliphatic heterocycles. The number of tetrazole rings is 1. The van der Waals surface area contributed by atoms with Gasteiger partial charge in [0.2, 0.25) is 5.91 Å². The molecule has 0 atom stereocenters. The molecule has 1 amide bonds. The number of nitrogens with one attached hydrogen (secondary N) is 2. The fourth-order valence-corrected chi connectivity index (χ4v) is 2.61. The molecule has 1 aliphatic rings. The van der Waals surface area contributed by atoms with E-state index in [1.54, 1.807) is 18.2 Å². The first-order valence-corrected chi connectivity index (χ1v) is 7.62. The molecule has 1 aromatic heterocycles. The van der Waals surface area contributed by atoms with Gasteiger partial charge in [0.05, 0.1) is 6.61 Å². The minimum absolute atomic E-state index is 0.0911. The van der Waals surface area contributed by atoms with Crippen molar-refractivity contribution < 1.29 is 13.9 Å². The normalized spacial score (nSPS) is 15.7. The highest BCUT2D eigenvalue weighted by Gasteiger charge is 2.43. The summed E-state index contributed by atoms with van der Waals surface area (Å²) in [6.07, 6.45) is 3.44. The summed E-state index contributed by atoms with van der Waals surface area (Å²) in [6, 6.07) is 6.21. The van der Waals surface area contributed by atoms with E-state index < -0.39 is 11.4 Å². The molecule has 0 unspecified atom stereocenters. The number of aromatic amines is 1. The molecule has 1 aromatic carbocycles. The number of ether oxygens (including phenoxy) is 1. The van der Waals surface area contributed by atoms with Gasteiger partial charge in [-0.05, 0) is 37.8 Å². The van der Waals surface area contributed by atoms with Crippen molar-refractivity contribution in [2.45, 2.75) is 37.6 Å². The summed E-state index contributed by atoms with van der Waals surface area (Å²) in [5.74, 6) is 0.240. The van der Waals surface area contributed by atoms with Crippen LogP contribution in [0.1, 0.15) is 37.9 Å². The number of carbonyl (C=O) groups excluding carboxylic acids is 1. The summed E-state index contributed by atoms with van der Waals surface area (Å²) < 4.78 is 18.7. The number of rotatable bonds is 7. The van der Waals surface area contributed by atoms with Gasteiger partial charge in [-0.2, -0.15) is 5.21 Å². The van der Waals surface area contributed by atoms with Crippen molar-refractivity contribution in [3.8, 4) is 5.75 Å². The van der Waals surface area contributed by atoms with Crippen molar-refractivity contribution in [2.75, 3.05) is 6.61 Å². The summed E-state index contributed by atoms with van der Waals surface area (Å²) >= 11 is 0. The number of hydrogen-bond donors (Lipinski definition) is 2. The Bertz CT molecular complexity index is 658. The van der Waals surface area contributed by atoms with Crippen LogP contribution < -0.4 is 10.1 Å². The Balaban J connectivity index is 1.44. The van der Waals surface area contributed by atoms with E-state index in [4.69, 9.17) is 4.74 Å². The maximum absolute atomic E-state index is 13.4. The number of halogens is 1. The van der Waals surface area contributed by atoms with Crippen LogP contribution >= 0.6 is 0 Å². The summed E-state index contributed by atoms with van der Waals surface area (Å²) in [4.78, 5) is 12.1. The Morgan fingerprint density at radius 3 is 2.87 bits per heavy atom. The van der Waals surface area contributed by atoms with E-state index >= 15 is 0 Å². The monoisotopic (exact) mass is 319 g/mol. The SMILES string of the molecule is O=C(CCCOc1ccccc1F)NC1(c2nn[nH]n2)CCC1. The lowest BCUT2D eigenvalue weighted by Crippen LogP contribution is -2.51. The number of benzene rings is 1. The van der Waals surface area contributed by atoms with Crippen LogP contribution in [-0.4, -0.2) is 33.1 Å². The zero-order valence-electron chi connectivity index (χ0n) is 12.6. The van der Waals surface area contributed by atoms with Gasteiger partial charge >= 0.3 is 0 Å². The summed E-state index contributed by atoms with van der Waals surface area (Å²) in [7, 11) is 0. The first kappa shape index (κ1) is 15.4. The molecule has 0 radical (unpaired) electrons. The Morgan fingerprint density at radius 1 is 1.39 bits per heavy atom. The Morgan fingerprint density at radius 2 is 2.22 bits per heavy atom. The predicted octanol–water partition coefficient (Wildman–Crippen LogP) is 1.69. The van der Waals surface area contributed by atoms with Crippen molar-refractivity contribution in [1.29, 1.82) is 0 Å². The number of para-hydroxylation sites is 1. The van der Waals surface area contributed by atoms with Gasteiger partial charge in [0.15, 0.2) is 17.4 Å². The third-order valence-corrected chi connectivity index (χ3v) is 4.00. The van der Waals surface area contributed by atoms with Gasteiger partial charge in [-0.15, -0.1) is 10.2 Å². The highest BCUT2D eigenvalue weighted by atomic mass is 19.1. The maximum atomic E-state index is 13.4. The van der Waals surface area contributed by atoms with E-state index in [0.29, 0.717) is 18.7 Å². The lowest BCUT2D eigenvalue weighted by atomic mass is 9.76. The second-order valence-electron chi connectivity index (χ2n) is 5.60. The molecule has 1 aliphatic carbocycles. The molecular weight excluding hydrogens is 301 g/mol. The van der Waals surface area contributed by atoms with E-state index in [1.807, 2.05) is 0 Å². The number of hydrogen-bond acceptors (Lipinski definition) is 5. The van der Waals surface area contributed by atoms with Gasteiger partial charge in [-0.3, -0.25) is 4.79 Å². The molecule has 8 heteroatoms. The van der Waals surface area contributed by atoms with E-state index in [0.717, 1.165) is 19.3 Å². The lowest BCUT2D eigenvalue weighted by Gasteiger charge is -2.39. The minimum atomic E-state index is -0.490. The topological polar surface area (TPSA) is 92.8 Å². The highest BCUT2D eigenvalue weighted by molar-refractivity contribution is 5.77. The molecule has 122 valence electrons. The molecule has 7 nitrogen and oxygen atoms in total. The fraction of sp³-hybridized carbons (Fsp3) is 0.467. The van der Waals surface area contributed by atoms with Crippen LogP contribution in [0.4, 0.5) is 4.39 Å². The first-order valence-electron chi connectivity index (χ1n) is 7.62. The van der Waals surface area contributed by atoms with E-state index in [1.165, 1.54) is 6.07 Å². The second kappa shape index (κ2) is 6.72. The standard InChI is InChI=1S/C15H18FN5O2/c16-11-5-1-2-6-12(11)23-10-3-7-13(22)17-15(8-4-9-15)14-18-20-21-19-14/h1-2,5-6H,3-4,7-10H2,(H,17,22)(H,18,19,20,21). The van der Waals surface area contributed by atoms with Crippen LogP contribution in [0.5, 0.6) is 5.75 Å². The quantitative estimate of drug-likeness (QED) is 0.758. The van der Waals surface area contributed by atoms with E-state index in [9.17, 15) is 9.18 Å². The van der Waals surface area contributed by atoms with Crippen LogP contribution in [0.3, 0.4) is 0 Å². The average molecular weight is 319 g/mol. The third kappa shape index (κ3) is 3.46. The third-order valence-electron chi connectivity index (χ3n) is 4.00. The zero-order chi connectivity index (χ0) is 16.1. The second-order valence-corrected chi connectivity index (χ2v) is 5.60. The minimum Gasteiger partial charge on any atom is -0.491 e. The lowest BCUT2D eigenvalue weighted by molar-refractivity contribution is -0.124. The number of H-pyrrole nitrogens is 1. The fourth-order valence-electron chi connectivity index (χ4n) is 2.61. The average Bonchev–Trinajstić information content (AvgIpc) is 3.03. The summed E-state index contributed by atoms with van der Waals surface area (Å²) in [6.45, 7) is 0.281. The number of aromatic nitrogens is 4. The molecule has 1 heterocycles. The molecule has 3 rings (SSSR count). The van der Waals surface area contributed by atoms with Crippen LogP contribution in [0, 0.1) is 5.82 Å². The van der Waals surface area contributed by atoms with Crippen LogP contribution in [0.25, 0.3) is 0 Å².